The second-order valence-corrected chi connectivity index (χ2v) is 6.41. The SMILES string of the molecule is COc1ccc(Cl)cc1C(=O)N1CC[C@H]2[C@H](C1)OCc1cnnn12. The van der Waals surface area contributed by atoms with Gasteiger partial charge in [0.2, 0.25) is 0 Å². The molecule has 1 saturated heterocycles. The number of amides is 1. The number of piperidine rings is 1. The number of halogens is 1. The molecule has 4 rings (SSSR count). The summed E-state index contributed by atoms with van der Waals surface area (Å²) in [7, 11) is 1.54. The van der Waals surface area contributed by atoms with Crippen molar-refractivity contribution in [3.63, 3.8) is 0 Å². The maximum Gasteiger partial charge on any atom is 0.257 e. The van der Waals surface area contributed by atoms with Crippen molar-refractivity contribution in [2.45, 2.75) is 25.2 Å². The molecular weight excluding hydrogens is 332 g/mol. The maximum atomic E-state index is 12.9. The van der Waals surface area contributed by atoms with Gasteiger partial charge in [-0.05, 0) is 24.6 Å². The molecule has 0 radical (unpaired) electrons. The number of benzene rings is 1. The molecule has 1 fully saturated rings. The van der Waals surface area contributed by atoms with Gasteiger partial charge in [-0.2, -0.15) is 0 Å². The summed E-state index contributed by atoms with van der Waals surface area (Å²) in [5, 5.41) is 8.61. The van der Waals surface area contributed by atoms with Gasteiger partial charge in [0, 0.05) is 18.1 Å². The molecule has 0 saturated carbocycles. The Morgan fingerprint density at radius 2 is 2.33 bits per heavy atom. The number of rotatable bonds is 2. The Bertz CT molecular complexity index is 778. The first-order valence-corrected chi connectivity index (χ1v) is 8.18. The largest absolute Gasteiger partial charge is 0.496 e. The van der Waals surface area contributed by atoms with Crippen LogP contribution >= 0.6 is 11.6 Å². The lowest BCUT2D eigenvalue weighted by molar-refractivity contribution is -0.0628. The van der Waals surface area contributed by atoms with E-state index in [2.05, 4.69) is 10.3 Å². The van der Waals surface area contributed by atoms with E-state index in [0.717, 1.165) is 12.1 Å². The number of likely N-dealkylation sites (tertiary alicyclic amines) is 1. The van der Waals surface area contributed by atoms with Crippen molar-refractivity contribution in [2.24, 2.45) is 0 Å². The number of carbonyl (C=O) groups is 1. The molecular formula is C16H17ClN4O3. The summed E-state index contributed by atoms with van der Waals surface area (Å²) in [6.07, 6.45) is 2.42. The number of hydrogen-bond acceptors (Lipinski definition) is 5. The number of nitrogens with zero attached hydrogens (tertiary/aromatic N) is 4. The minimum absolute atomic E-state index is 0.0814. The number of methoxy groups -OCH3 is 1. The molecule has 8 heteroatoms. The van der Waals surface area contributed by atoms with E-state index in [4.69, 9.17) is 21.1 Å². The Balaban J connectivity index is 1.55. The quantitative estimate of drug-likeness (QED) is 0.829. The first-order chi connectivity index (χ1) is 11.7. The molecule has 7 nitrogen and oxygen atoms in total. The fraction of sp³-hybridized carbons (Fsp3) is 0.438. The second kappa shape index (κ2) is 6.07. The Morgan fingerprint density at radius 3 is 3.17 bits per heavy atom. The molecule has 0 bridgehead atoms. The van der Waals surface area contributed by atoms with Crippen LogP contribution < -0.4 is 4.74 Å². The summed E-state index contributed by atoms with van der Waals surface area (Å²) in [6.45, 7) is 1.60. The smallest absolute Gasteiger partial charge is 0.257 e. The highest BCUT2D eigenvalue weighted by molar-refractivity contribution is 6.31. The number of carbonyl (C=O) groups excluding carboxylic acids is 1. The first-order valence-electron chi connectivity index (χ1n) is 7.81. The molecule has 3 heterocycles. The van der Waals surface area contributed by atoms with Crippen molar-refractivity contribution in [3.05, 3.63) is 40.7 Å². The highest BCUT2D eigenvalue weighted by Crippen LogP contribution is 2.32. The van der Waals surface area contributed by atoms with Crippen LogP contribution in [0, 0.1) is 0 Å². The summed E-state index contributed by atoms with van der Waals surface area (Å²) in [5.41, 5.74) is 1.45. The number of ether oxygens (including phenoxy) is 2. The predicted molar refractivity (Wildman–Crippen MR) is 86.2 cm³/mol. The van der Waals surface area contributed by atoms with Gasteiger partial charge in [-0.25, -0.2) is 4.68 Å². The molecule has 24 heavy (non-hydrogen) atoms. The first kappa shape index (κ1) is 15.4. The molecule has 0 spiro atoms. The zero-order valence-corrected chi connectivity index (χ0v) is 13.9. The third kappa shape index (κ3) is 2.53. The Morgan fingerprint density at radius 1 is 1.46 bits per heavy atom. The van der Waals surface area contributed by atoms with E-state index < -0.39 is 0 Å². The van der Waals surface area contributed by atoms with Crippen LogP contribution in [0.25, 0.3) is 0 Å². The summed E-state index contributed by atoms with van der Waals surface area (Å²) in [4.78, 5) is 14.7. The third-order valence-corrected chi connectivity index (χ3v) is 4.85. The van der Waals surface area contributed by atoms with Crippen molar-refractivity contribution < 1.29 is 14.3 Å². The Hall–Kier alpha value is -2.12. The molecule has 0 unspecified atom stereocenters. The Kier molecular flexibility index (Phi) is 3.90. The average Bonchev–Trinajstić information content (AvgIpc) is 3.09. The van der Waals surface area contributed by atoms with Crippen LogP contribution in [0.2, 0.25) is 5.02 Å². The van der Waals surface area contributed by atoms with E-state index in [1.165, 1.54) is 0 Å². The van der Waals surface area contributed by atoms with Gasteiger partial charge < -0.3 is 14.4 Å². The van der Waals surface area contributed by atoms with E-state index in [-0.39, 0.29) is 18.1 Å². The Labute approximate surface area is 144 Å². The monoisotopic (exact) mass is 348 g/mol. The molecule has 2 atom stereocenters. The van der Waals surface area contributed by atoms with Crippen LogP contribution in [0.3, 0.4) is 0 Å². The van der Waals surface area contributed by atoms with Gasteiger partial charge in [0.15, 0.2) is 0 Å². The van der Waals surface area contributed by atoms with Gasteiger partial charge in [0.05, 0.1) is 43.3 Å². The topological polar surface area (TPSA) is 69.5 Å². The van der Waals surface area contributed by atoms with Crippen LogP contribution in [-0.2, 0) is 11.3 Å². The molecule has 2 aromatic rings. The average molecular weight is 349 g/mol. The van der Waals surface area contributed by atoms with Gasteiger partial charge in [-0.15, -0.1) is 5.10 Å². The number of hydrogen-bond donors (Lipinski definition) is 0. The zero-order chi connectivity index (χ0) is 16.7. The van der Waals surface area contributed by atoms with E-state index in [1.54, 1.807) is 36.4 Å². The molecule has 126 valence electrons. The highest BCUT2D eigenvalue weighted by Gasteiger charge is 2.38. The lowest BCUT2D eigenvalue weighted by atomic mass is 9.99. The van der Waals surface area contributed by atoms with E-state index in [1.807, 2.05) is 4.68 Å². The number of aromatic nitrogens is 3. The van der Waals surface area contributed by atoms with Crippen LogP contribution in [-0.4, -0.2) is 52.1 Å². The molecule has 0 N–H and O–H groups in total. The number of fused-ring (bicyclic) bond motifs is 3. The van der Waals surface area contributed by atoms with Crippen molar-refractivity contribution in [2.75, 3.05) is 20.2 Å². The van der Waals surface area contributed by atoms with Crippen LogP contribution in [0.15, 0.2) is 24.4 Å². The second-order valence-electron chi connectivity index (χ2n) is 5.97. The molecule has 1 amide bonds. The fourth-order valence-electron chi connectivity index (χ4n) is 3.39. The van der Waals surface area contributed by atoms with Gasteiger partial charge in [0.25, 0.3) is 5.91 Å². The van der Waals surface area contributed by atoms with Crippen molar-refractivity contribution in [1.82, 2.24) is 19.9 Å². The van der Waals surface area contributed by atoms with E-state index >= 15 is 0 Å². The van der Waals surface area contributed by atoms with Gasteiger partial charge in [0.1, 0.15) is 5.75 Å². The zero-order valence-electron chi connectivity index (χ0n) is 13.2. The van der Waals surface area contributed by atoms with Crippen molar-refractivity contribution in [3.8, 4) is 5.75 Å². The van der Waals surface area contributed by atoms with Crippen LogP contribution in [0.4, 0.5) is 0 Å². The fourth-order valence-corrected chi connectivity index (χ4v) is 3.56. The lowest BCUT2D eigenvalue weighted by Crippen LogP contribution is -2.50. The molecule has 2 aliphatic heterocycles. The normalized spacial score (nSPS) is 22.7. The van der Waals surface area contributed by atoms with Crippen LogP contribution in [0.1, 0.15) is 28.5 Å². The summed E-state index contributed by atoms with van der Waals surface area (Å²) in [6, 6.07) is 5.19. The molecule has 0 aliphatic carbocycles. The van der Waals surface area contributed by atoms with Crippen molar-refractivity contribution in [1.29, 1.82) is 0 Å². The van der Waals surface area contributed by atoms with Crippen LogP contribution in [0.5, 0.6) is 5.75 Å². The van der Waals surface area contributed by atoms with Gasteiger partial charge in [-0.1, -0.05) is 16.8 Å². The predicted octanol–water partition coefficient (Wildman–Crippen LogP) is 1.93. The standard InChI is InChI=1S/C16H17ClN4O3/c1-23-14-3-2-10(17)6-12(14)16(22)20-5-4-13-15(8-20)24-9-11-7-18-19-21(11)13/h2-3,6-7,13,15H,4-5,8-9H2,1H3/t13-,15-/m0/s1. The molecule has 2 aliphatic rings. The van der Waals surface area contributed by atoms with E-state index in [9.17, 15) is 4.79 Å². The lowest BCUT2D eigenvalue weighted by Gasteiger charge is -2.41. The minimum Gasteiger partial charge on any atom is -0.496 e. The summed E-state index contributed by atoms with van der Waals surface area (Å²) in [5.74, 6) is 0.426. The highest BCUT2D eigenvalue weighted by atomic mass is 35.5. The maximum absolute atomic E-state index is 12.9. The van der Waals surface area contributed by atoms with Crippen molar-refractivity contribution >= 4 is 17.5 Å². The van der Waals surface area contributed by atoms with Gasteiger partial charge >= 0.3 is 0 Å². The minimum atomic E-state index is -0.0965. The third-order valence-electron chi connectivity index (χ3n) is 4.61. The molecule has 1 aromatic heterocycles. The van der Waals surface area contributed by atoms with E-state index in [0.29, 0.717) is 36.0 Å². The van der Waals surface area contributed by atoms with Gasteiger partial charge in [-0.3, -0.25) is 4.79 Å². The summed E-state index contributed by atoms with van der Waals surface area (Å²) >= 11 is 6.04. The molecule has 1 aromatic carbocycles. The summed E-state index contributed by atoms with van der Waals surface area (Å²) < 4.78 is 13.1.